The van der Waals surface area contributed by atoms with Crippen LogP contribution in [0.5, 0.6) is 5.75 Å². The summed E-state index contributed by atoms with van der Waals surface area (Å²) >= 11 is 5.90. The van der Waals surface area contributed by atoms with E-state index in [0.29, 0.717) is 29.4 Å². The van der Waals surface area contributed by atoms with Crippen LogP contribution in [0.25, 0.3) is 0 Å². The first kappa shape index (κ1) is 20.3. The van der Waals surface area contributed by atoms with Gasteiger partial charge in [-0.05, 0) is 31.0 Å². The SMILES string of the molecule is COc1ccc(Cl)cc1NC(=O)/C(C#N)=C\NCCCCCC(=O)O. The van der Waals surface area contributed by atoms with Crippen LogP contribution in [-0.4, -0.2) is 30.6 Å². The van der Waals surface area contributed by atoms with Crippen molar-refractivity contribution in [3.05, 3.63) is 35.0 Å². The van der Waals surface area contributed by atoms with Gasteiger partial charge in [0, 0.05) is 24.2 Å². The molecule has 1 aromatic rings. The van der Waals surface area contributed by atoms with Gasteiger partial charge < -0.3 is 20.5 Å². The summed E-state index contributed by atoms with van der Waals surface area (Å²) in [5.74, 6) is -0.962. The van der Waals surface area contributed by atoms with E-state index in [4.69, 9.17) is 26.7 Å². The number of carboxylic acids is 1. The van der Waals surface area contributed by atoms with E-state index in [9.17, 15) is 9.59 Å². The van der Waals surface area contributed by atoms with Gasteiger partial charge in [0.05, 0.1) is 12.8 Å². The monoisotopic (exact) mass is 365 g/mol. The highest BCUT2D eigenvalue weighted by Crippen LogP contribution is 2.27. The number of methoxy groups -OCH3 is 1. The molecule has 0 spiro atoms. The predicted molar refractivity (Wildman–Crippen MR) is 94.4 cm³/mol. The number of amides is 1. The third kappa shape index (κ3) is 7.59. The van der Waals surface area contributed by atoms with Crippen LogP contribution in [0, 0.1) is 11.3 Å². The van der Waals surface area contributed by atoms with Crippen molar-refractivity contribution in [3.63, 3.8) is 0 Å². The van der Waals surface area contributed by atoms with Crippen molar-refractivity contribution < 1.29 is 19.4 Å². The first-order valence-electron chi connectivity index (χ1n) is 7.68. The fourth-order valence-corrected chi connectivity index (χ4v) is 2.14. The van der Waals surface area contributed by atoms with Gasteiger partial charge in [0.15, 0.2) is 0 Å². The molecule has 134 valence electrons. The van der Waals surface area contributed by atoms with Crippen LogP contribution in [-0.2, 0) is 9.59 Å². The maximum Gasteiger partial charge on any atom is 0.303 e. The van der Waals surface area contributed by atoms with E-state index in [1.165, 1.54) is 19.4 Å². The molecule has 0 unspecified atom stereocenters. The van der Waals surface area contributed by atoms with Gasteiger partial charge >= 0.3 is 5.97 Å². The minimum Gasteiger partial charge on any atom is -0.495 e. The molecule has 0 fully saturated rings. The quantitative estimate of drug-likeness (QED) is 0.334. The third-order valence-electron chi connectivity index (χ3n) is 3.23. The number of nitriles is 1. The number of nitrogens with zero attached hydrogens (tertiary/aromatic N) is 1. The molecule has 1 amide bonds. The number of carbonyl (C=O) groups is 2. The molecule has 0 bridgehead atoms. The fourth-order valence-electron chi connectivity index (χ4n) is 1.97. The highest BCUT2D eigenvalue weighted by molar-refractivity contribution is 6.31. The Morgan fingerprint density at radius 1 is 1.36 bits per heavy atom. The summed E-state index contributed by atoms with van der Waals surface area (Å²) in [5.41, 5.74) is 0.280. The molecule has 0 aliphatic heterocycles. The van der Waals surface area contributed by atoms with Gasteiger partial charge in [-0.2, -0.15) is 5.26 Å². The molecule has 3 N–H and O–H groups in total. The van der Waals surface area contributed by atoms with Crippen LogP contribution in [0.2, 0.25) is 5.02 Å². The summed E-state index contributed by atoms with van der Waals surface area (Å²) in [7, 11) is 1.46. The number of ether oxygens (including phenoxy) is 1. The summed E-state index contributed by atoms with van der Waals surface area (Å²) < 4.78 is 5.13. The maximum atomic E-state index is 12.2. The van der Waals surface area contributed by atoms with E-state index in [1.54, 1.807) is 12.1 Å². The number of halogens is 1. The number of rotatable bonds is 10. The molecule has 0 saturated heterocycles. The number of hydrogen-bond acceptors (Lipinski definition) is 5. The number of carbonyl (C=O) groups excluding carboxylic acids is 1. The smallest absolute Gasteiger partial charge is 0.303 e. The van der Waals surface area contributed by atoms with Crippen molar-refractivity contribution in [3.8, 4) is 11.8 Å². The average molecular weight is 366 g/mol. The van der Waals surface area contributed by atoms with E-state index in [2.05, 4.69) is 10.6 Å². The van der Waals surface area contributed by atoms with Crippen LogP contribution in [0.4, 0.5) is 5.69 Å². The second-order valence-electron chi connectivity index (χ2n) is 5.13. The Balaban J connectivity index is 2.53. The van der Waals surface area contributed by atoms with Crippen LogP contribution in [0.3, 0.4) is 0 Å². The Bertz CT molecular complexity index is 683. The van der Waals surface area contributed by atoms with E-state index >= 15 is 0 Å². The highest BCUT2D eigenvalue weighted by Gasteiger charge is 2.12. The zero-order valence-electron chi connectivity index (χ0n) is 13.8. The van der Waals surface area contributed by atoms with Crippen molar-refractivity contribution in [2.75, 3.05) is 19.0 Å². The van der Waals surface area contributed by atoms with Gasteiger partial charge in [0.25, 0.3) is 5.91 Å². The van der Waals surface area contributed by atoms with E-state index in [-0.39, 0.29) is 12.0 Å². The van der Waals surface area contributed by atoms with E-state index in [0.717, 1.165) is 12.8 Å². The average Bonchev–Trinajstić information content (AvgIpc) is 2.57. The van der Waals surface area contributed by atoms with Gasteiger partial charge in [-0.25, -0.2) is 0 Å². The van der Waals surface area contributed by atoms with Crippen molar-refractivity contribution in [1.82, 2.24) is 5.32 Å². The first-order valence-corrected chi connectivity index (χ1v) is 8.06. The van der Waals surface area contributed by atoms with E-state index in [1.807, 2.05) is 6.07 Å². The van der Waals surface area contributed by atoms with Gasteiger partial charge in [-0.1, -0.05) is 18.0 Å². The summed E-state index contributed by atoms with van der Waals surface area (Å²) in [6.07, 6.45) is 3.57. The Kier molecular flexibility index (Phi) is 8.90. The lowest BCUT2D eigenvalue weighted by molar-refractivity contribution is -0.137. The Hall–Kier alpha value is -2.72. The first-order chi connectivity index (χ1) is 12.0. The number of benzene rings is 1. The molecule has 0 heterocycles. The molecular formula is C17H20ClN3O4. The molecular weight excluding hydrogens is 346 g/mol. The largest absolute Gasteiger partial charge is 0.495 e. The standard InChI is InChI=1S/C17H20ClN3O4/c1-25-15-7-6-13(18)9-14(15)21-17(24)12(10-19)11-20-8-4-2-3-5-16(22)23/h6-7,9,11,20H,2-5,8H2,1H3,(H,21,24)(H,22,23)/b12-11-. The number of carboxylic acid groups (broad SMARTS) is 1. The van der Waals surface area contributed by atoms with Gasteiger partial charge in [0.2, 0.25) is 0 Å². The molecule has 0 saturated carbocycles. The molecule has 0 atom stereocenters. The summed E-state index contributed by atoms with van der Waals surface area (Å²) in [6, 6.07) is 6.60. The lowest BCUT2D eigenvalue weighted by Gasteiger charge is -2.10. The number of hydrogen-bond donors (Lipinski definition) is 3. The Morgan fingerprint density at radius 2 is 2.12 bits per heavy atom. The summed E-state index contributed by atoms with van der Waals surface area (Å²) in [5, 5.41) is 23.5. The van der Waals surface area contributed by atoms with Gasteiger partial charge in [0.1, 0.15) is 17.4 Å². The minimum atomic E-state index is -0.812. The molecule has 7 nitrogen and oxygen atoms in total. The van der Waals surface area contributed by atoms with E-state index < -0.39 is 11.9 Å². The maximum absolute atomic E-state index is 12.2. The fraction of sp³-hybridized carbons (Fsp3) is 0.353. The lowest BCUT2D eigenvalue weighted by atomic mass is 10.2. The zero-order chi connectivity index (χ0) is 18.7. The zero-order valence-corrected chi connectivity index (χ0v) is 14.6. The molecule has 1 aromatic carbocycles. The molecule has 0 aromatic heterocycles. The Labute approximate surface area is 151 Å². The summed E-state index contributed by atoms with van der Waals surface area (Å²) in [6.45, 7) is 0.540. The third-order valence-corrected chi connectivity index (χ3v) is 3.47. The molecule has 8 heteroatoms. The molecule has 25 heavy (non-hydrogen) atoms. The van der Waals surface area contributed by atoms with Crippen molar-refractivity contribution >= 4 is 29.2 Å². The molecule has 0 aliphatic carbocycles. The number of unbranched alkanes of at least 4 members (excludes halogenated alkanes) is 2. The van der Waals surface area contributed by atoms with Crippen LogP contribution in [0.1, 0.15) is 25.7 Å². The number of anilines is 1. The predicted octanol–water partition coefficient (Wildman–Crippen LogP) is 2.93. The number of nitrogens with one attached hydrogen (secondary N) is 2. The number of aliphatic carboxylic acids is 1. The Morgan fingerprint density at radius 3 is 2.76 bits per heavy atom. The topological polar surface area (TPSA) is 111 Å². The molecule has 1 rings (SSSR count). The molecule has 0 radical (unpaired) electrons. The van der Waals surface area contributed by atoms with Crippen LogP contribution < -0.4 is 15.4 Å². The van der Waals surface area contributed by atoms with Gasteiger partial charge in [-0.15, -0.1) is 0 Å². The lowest BCUT2D eigenvalue weighted by Crippen LogP contribution is -2.17. The second kappa shape index (κ2) is 10.9. The highest BCUT2D eigenvalue weighted by atomic mass is 35.5. The van der Waals surface area contributed by atoms with Crippen molar-refractivity contribution in [2.45, 2.75) is 25.7 Å². The minimum absolute atomic E-state index is 0.0902. The van der Waals surface area contributed by atoms with Crippen LogP contribution >= 0.6 is 11.6 Å². The van der Waals surface area contributed by atoms with Crippen molar-refractivity contribution in [1.29, 1.82) is 5.26 Å². The van der Waals surface area contributed by atoms with Crippen LogP contribution in [0.15, 0.2) is 30.0 Å². The summed E-state index contributed by atoms with van der Waals surface area (Å²) in [4.78, 5) is 22.5. The van der Waals surface area contributed by atoms with Crippen molar-refractivity contribution in [2.24, 2.45) is 0 Å². The second-order valence-corrected chi connectivity index (χ2v) is 5.56. The normalized spacial score (nSPS) is 10.7. The molecule has 0 aliphatic rings. The van der Waals surface area contributed by atoms with Gasteiger partial charge in [-0.3, -0.25) is 9.59 Å².